The van der Waals surface area contributed by atoms with Gasteiger partial charge in [0.1, 0.15) is 11.6 Å². The fourth-order valence-electron chi connectivity index (χ4n) is 5.33. The molecule has 3 aliphatic heterocycles. The molecule has 5 heterocycles. The number of nitrogens with zero attached hydrogens (tertiary/aromatic N) is 6. The molecule has 1 unspecified atom stereocenters. The molecular formula is C26H31ClN6O2. The largest absolute Gasteiger partial charge is 0.493 e. The van der Waals surface area contributed by atoms with Gasteiger partial charge in [0.15, 0.2) is 5.65 Å². The number of carbonyl (C=O) groups excluding carboxylic acids is 1. The van der Waals surface area contributed by atoms with Crippen molar-refractivity contribution in [2.24, 2.45) is 0 Å². The van der Waals surface area contributed by atoms with Crippen molar-refractivity contribution in [3.63, 3.8) is 0 Å². The molecule has 0 aliphatic carbocycles. The highest BCUT2D eigenvalue weighted by molar-refractivity contribution is 6.31. The first-order chi connectivity index (χ1) is 17.1. The van der Waals surface area contributed by atoms with E-state index in [1.54, 1.807) is 12.1 Å². The molecule has 0 saturated carbocycles. The monoisotopic (exact) mass is 494 g/mol. The molecule has 6 rings (SSSR count). The van der Waals surface area contributed by atoms with Crippen LogP contribution in [0, 0.1) is 0 Å². The van der Waals surface area contributed by atoms with E-state index in [1.165, 1.54) is 6.42 Å². The van der Waals surface area contributed by atoms with Gasteiger partial charge >= 0.3 is 0 Å². The van der Waals surface area contributed by atoms with Crippen LogP contribution in [0.1, 0.15) is 59.9 Å². The number of aromatic nitrogens is 3. The number of rotatable bonds is 1. The summed E-state index contributed by atoms with van der Waals surface area (Å²) in [6, 6.07) is 9.48. The van der Waals surface area contributed by atoms with Crippen molar-refractivity contribution < 1.29 is 9.53 Å². The van der Waals surface area contributed by atoms with Gasteiger partial charge in [-0.2, -0.15) is 5.10 Å². The number of ether oxygens (including phenoxy) is 1. The van der Waals surface area contributed by atoms with Gasteiger partial charge in [-0.1, -0.05) is 11.6 Å². The van der Waals surface area contributed by atoms with Gasteiger partial charge in [-0.25, -0.2) is 9.50 Å². The number of hydrogen-bond acceptors (Lipinski definition) is 6. The molecule has 1 atom stereocenters. The highest BCUT2D eigenvalue weighted by atomic mass is 35.5. The van der Waals surface area contributed by atoms with Gasteiger partial charge < -0.3 is 19.4 Å². The van der Waals surface area contributed by atoms with Crippen LogP contribution in [-0.2, 0) is 6.54 Å². The maximum Gasteiger partial charge on any atom is 0.258 e. The van der Waals surface area contributed by atoms with Gasteiger partial charge in [0.05, 0.1) is 29.6 Å². The fraction of sp³-hybridized carbons (Fsp3) is 0.500. The number of benzene rings is 1. The number of anilines is 1. The van der Waals surface area contributed by atoms with Crippen LogP contribution in [0.5, 0.6) is 5.75 Å². The summed E-state index contributed by atoms with van der Waals surface area (Å²) in [6.45, 7) is 4.94. The Bertz CT molecular complexity index is 1260. The molecule has 0 spiro atoms. The van der Waals surface area contributed by atoms with Gasteiger partial charge in [-0.15, -0.1) is 0 Å². The highest BCUT2D eigenvalue weighted by Crippen LogP contribution is 2.35. The van der Waals surface area contributed by atoms with E-state index >= 15 is 0 Å². The zero-order valence-corrected chi connectivity index (χ0v) is 20.9. The number of piperidine rings is 1. The molecule has 184 valence electrons. The van der Waals surface area contributed by atoms with Crippen molar-refractivity contribution >= 4 is 29.0 Å². The minimum atomic E-state index is -0.104. The van der Waals surface area contributed by atoms with Crippen LogP contribution >= 0.6 is 11.6 Å². The maximum atomic E-state index is 13.8. The van der Waals surface area contributed by atoms with E-state index in [9.17, 15) is 4.79 Å². The zero-order chi connectivity index (χ0) is 23.9. The van der Waals surface area contributed by atoms with Crippen LogP contribution in [0.3, 0.4) is 0 Å². The highest BCUT2D eigenvalue weighted by Gasteiger charge is 2.33. The summed E-state index contributed by atoms with van der Waals surface area (Å²) < 4.78 is 8.08. The minimum absolute atomic E-state index is 0.0503. The zero-order valence-electron chi connectivity index (χ0n) is 20.1. The predicted molar refractivity (Wildman–Crippen MR) is 135 cm³/mol. The number of fused-ring (bicyclic) bond motifs is 4. The Labute approximate surface area is 210 Å². The van der Waals surface area contributed by atoms with E-state index < -0.39 is 0 Å². The van der Waals surface area contributed by atoms with Crippen molar-refractivity contribution in [1.29, 1.82) is 0 Å². The van der Waals surface area contributed by atoms with Crippen molar-refractivity contribution in [3.05, 3.63) is 52.3 Å². The Morgan fingerprint density at radius 2 is 1.91 bits per heavy atom. The van der Waals surface area contributed by atoms with E-state index in [4.69, 9.17) is 26.4 Å². The fourth-order valence-corrected chi connectivity index (χ4v) is 5.50. The molecule has 2 fully saturated rings. The molecule has 0 N–H and O–H groups in total. The predicted octanol–water partition coefficient (Wildman–Crippen LogP) is 4.17. The lowest BCUT2D eigenvalue weighted by Crippen LogP contribution is -2.39. The van der Waals surface area contributed by atoms with Crippen molar-refractivity contribution in [2.45, 2.75) is 44.7 Å². The minimum Gasteiger partial charge on any atom is -0.493 e. The Morgan fingerprint density at radius 1 is 1.03 bits per heavy atom. The number of hydrogen-bond donors (Lipinski definition) is 0. The second-order valence-electron chi connectivity index (χ2n) is 9.88. The molecule has 2 aromatic heterocycles. The summed E-state index contributed by atoms with van der Waals surface area (Å²) >= 11 is 6.31. The Balaban J connectivity index is 1.46. The summed E-state index contributed by atoms with van der Waals surface area (Å²) in [6.07, 6.45) is 4.96. The summed E-state index contributed by atoms with van der Waals surface area (Å²) in [5, 5.41) is 5.57. The second kappa shape index (κ2) is 9.32. The molecule has 2 bridgehead atoms. The van der Waals surface area contributed by atoms with E-state index in [2.05, 4.69) is 29.0 Å². The lowest BCUT2D eigenvalue weighted by atomic mass is 9.98. The number of carbonyl (C=O) groups is 1. The molecule has 1 amide bonds. The van der Waals surface area contributed by atoms with Gasteiger partial charge in [0.2, 0.25) is 0 Å². The number of halogens is 1. The molecule has 8 nitrogen and oxygen atoms in total. The summed E-state index contributed by atoms with van der Waals surface area (Å²) in [5.41, 5.74) is 3.39. The topological polar surface area (TPSA) is 66.2 Å². The van der Waals surface area contributed by atoms with E-state index in [-0.39, 0.29) is 11.9 Å². The quantitative estimate of drug-likeness (QED) is 0.505. The second-order valence-corrected chi connectivity index (χ2v) is 10.3. The van der Waals surface area contributed by atoms with Gasteiger partial charge in [0, 0.05) is 49.9 Å². The molecule has 0 radical (unpaired) electrons. The average Bonchev–Trinajstić information content (AvgIpc) is 3.25. The summed E-state index contributed by atoms with van der Waals surface area (Å²) in [5.74, 6) is 1.56. The normalized spacial score (nSPS) is 21.7. The van der Waals surface area contributed by atoms with Gasteiger partial charge in [0.25, 0.3) is 5.91 Å². The molecule has 9 heteroatoms. The molecule has 35 heavy (non-hydrogen) atoms. The smallest absolute Gasteiger partial charge is 0.258 e. The third-order valence-corrected chi connectivity index (χ3v) is 7.57. The van der Waals surface area contributed by atoms with Crippen LogP contribution in [0.15, 0.2) is 30.3 Å². The van der Waals surface area contributed by atoms with Gasteiger partial charge in [-0.3, -0.25) is 4.79 Å². The standard InChI is InChI=1S/C26H31ClN6O2/c1-30-9-5-13-35-23-8-7-18(27)14-20(23)26(34)32-12-3-2-6-22(32)21-16-25-28-24(31-10-4-11-31)15-19(17-30)33(25)29-21/h7-8,14-16,22H,2-6,9-13,17H2,1H3. The van der Waals surface area contributed by atoms with Crippen LogP contribution in [0.2, 0.25) is 5.02 Å². The first kappa shape index (κ1) is 22.6. The average molecular weight is 495 g/mol. The molecular weight excluding hydrogens is 464 g/mol. The SMILES string of the molecule is CN1CCCOc2ccc(Cl)cc2C(=O)N2CCCCC2c2cc3nc(N4CCC4)cc(n3n2)C1. The molecule has 3 aliphatic rings. The van der Waals surface area contributed by atoms with Crippen LogP contribution in [0.4, 0.5) is 5.82 Å². The van der Waals surface area contributed by atoms with E-state index in [0.29, 0.717) is 29.5 Å². The van der Waals surface area contributed by atoms with Crippen LogP contribution < -0.4 is 9.64 Å². The summed E-state index contributed by atoms with van der Waals surface area (Å²) in [7, 11) is 2.12. The van der Waals surface area contributed by atoms with Crippen LogP contribution in [-0.4, -0.2) is 70.1 Å². The van der Waals surface area contributed by atoms with Gasteiger partial charge in [-0.05, 0) is 57.4 Å². The van der Waals surface area contributed by atoms with Crippen LogP contribution in [0.25, 0.3) is 5.65 Å². The third-order valence-electron chi connectivity index (χ3n) is 7.34. The van der Waals surface area contributed by atoms with Crippen molar-refractivity contribution in [1.82, 2.24) is 24.4 Å². The molecule has 3 aromatic rings. The Hall–Kier alpha value is -2.84. The van der Waals surface area contributed by atoms with Crippen molar-refractivity contribution in [3.8, 4) is 5.75 Å². The Morgan fingerprint density at radius 3 is 2.74 bits per heavy atom. The summed E-state index contributed by atoms with van der Waals surface area (Å²) in [4.78, 5) is 25.4. The van der Waals surface area contributed by atoms with E-state index in [0.717, 1.165) is 74.7 Å². The molecule has 2 saturated heterocycles. The lowest BCUT2D eigenvalue weighted by Gasteiger charge is -2.35. The van der Waals surface area contributed by atoms with Crippen molar-refractivity contribution in [2.75, 3.05) is 44.7 Å². The molecule has 1 aromatic carbocycles. The Kier molecular flexibility index (Phi) is 6.02. The maximum absolute atomic E-state index is 13.8. The third kappa shape index (κ3) is 4.34. The number of amides is 1. The van der Waals surface area contributed by atoms with E-state index in [1.807, 2.05) is 15.5 Å². The first-order valence-corrected chi connectivity index (χ1v) is 13.0. The lowest BCUT2D eigenvalue weighted by molar-refractivity contribution is 0.0601. The first-order valence-electron chi connectivity index (χ1n) is 12.6.